The molecule has 1 N–H and O–H groups in total. The first-order valence-corrected chi connectivity index (χ1v) is 7.64. The largest absolute Gasteiger partial charge is 0.619 e. The minimum Gasteiger partial charge on any atom is -0.619 e. The molecule has 2 aromatic rings. The third-order valence-corrected chi connectivity index (χ3v) is 3.86. The summed E-state index contributed by atoms with van der Waals surface area (Å²) in [6.07, 6.45) is 9.32. The second-order valence-electron chi connectivity index (χ2n) is 5.55. The van der Waals surface area contributed by atoms with E-state index in [0.29, 0.717) is 16.3 Å². The predicted molar refractivity (Wildman–Crippen MR) is 81.6 cm³/mol. The van der Waals surface area contributed by atoms with Gasteiger partial charge in [-0.05, 0) is 37.8 Å². The molecule has 0 spiro atoms. The smallest absolute Gasteiger partial charge is 0.316 e. The second kappa shape index (κ2) is 7.04. The van der Waals surface area contributed by atoms with Crippen LogP contribution in [0.5, 0.6) is 6.01 Å². The van der Waals surface area contributed by atoms with Crippen LogP contribution in [0.2, 0.25) is 0 Å². The molecule has 0 aliphatic heterocycles. The number of rotatable bonds is 4. The Morgan fingerprint density at radius 1 is 1.22 bits per heavy atom. The van der Waals surface area contributed by atoms with Crippen LogP contribution in [0.1, 0.15) is 36.0 Å². The van der Waals surface area contributed by atoms with Crippen LogP contribution in [0.4, 0.5) is 0 Å². The van der Waals surface area contributed by atoms with E-state index in [9.17, 15) is 10.0 Å². The highest BCUT2D eigenvalue weighted by Gasteiger charge is 2.24. The summed E-state index contributed by atoms with van der Waals surface area (Å²) in [5.41, 5.74) is 0.374. The number of carbonyl (C=O) groups is 1. The molecule has 7 heteroatoms. The summed E-state index contributed by atoms with van der Waals surface area (Å²) in [7, 11) is 0. The third-order valence-electron chi connectivity index (χ3n) is 3.86. The van der Waals surface area contributed by atoms with Gasteiger partial charge in [0, 0.05) is 24.5 Å². The fraction of sp³-hybridized carbons (Fsp3) is 0.375. The summed E-state index contributed by atoms with van der Waals surface area (Å²) in [6.45, 7) is 0. The molecule has 120 valence electrons. The fourth-order valence-electron chi connectivity index (χ4n) is 2.68. The van der Waals surface area contributed by atoms with E-state index < -0.39 is 0 Å². The quantitative estimate of drug-likeness (QED) is 0.677. The lowest BCUT2D eigenvalue weighted by Gasteiger charge is -2.28. The zero-order chi connectivity index (χ0) is 16.1. The van der Waals surface area contributed by atoms with Gasteiger partial charge in [-0.15, -0.1) is 0 Å². The van der Waals surface area contributed by atoms with Crippen LogP contribution < -0.4 is 14.8 Å². The molecule has 2 heterocycles. The Morgan fingerprint density at radius 3 is 2.65 bits per heavy atom. The predicted octanol–water partition coefficient (Wildman–Crippen LogP) is 1.23. The number of amides is 1. The molecule has 1 aliphatic rings. The van der Waals surface area contributed by atoms with E-state index in [-0.39, 0.29) is 18.1 Å². The standard InChI is InChI=1S/C16H18N4O3/c21-15(12-3-1-10-20(22)11-12)19-13-4-6-14(7-5-13)23-16-17-8-2-9-18-16/h1-3,8-11,13-14H,4-7H2,(H,19,21). The van der Waals surface area contributed by atoms with Crippen molar-refractivity contribution in [2.45, 2.75) is 37.8 Å². The van der Waals surface area contributed by atoms with Crippen molar-refractivity contribution in [3.8, 4) is 6.01 Å². The van der Waals surface area contributed by atoms with Crippen molar-refractivity contribution in [3.05, 3.63) is 53.8 Å². The number of nitrogens with zero attached hydrogens (tertiary/aromatic N) is 3. The maximum atomic E-state index is 12.1. The summed E-state index contributed by atoms with van der Waals surface area (Å²) in [5.74, 6) is -0.217. The van der Waals surface area contributed by atoms with Crippen LogP contribution in [0, 0.1) is 5.21 Å². The van der Waals surface area contributed by atoms with Crippen molar-refractivity contribution in [1.82, 2.24) is 15.3 Å². The van der Waals surface area contributed by atoms with Crippen LogP contribution >= 0.6 is 0 Å². The minimum absolute atomic E-state index is 0.0751. The molecular weight excluding hydrogens is 296 g/mol. The Kier molecular flexibility index (Phi) is 4.65. The highest BCUT2D eigenvalue weighted by Crippen LogP contribution is 2.22. The first-order valence-electron chi connectivity index (χ1n) is 7.64. The van der Waals surface area contributed by atoms with Crippen molar-refractivity contribution in [1.29, 1.82) is 0 Å². The van der Waals surface area contributed by atoms with Gasteiger partial charge in [0.1, 0.15) is 11.7 Å². The topological polar surface area (TPSA) is 91.0 Å². The van der Waals surface area contributed by atoms with Gasteiger partial charge in [0.15, 0.2) is 12.4 Å². The molecule has 0 radical (unpaired) electrons. The van der Waals surface area contributed by atoms with Crippen LogP contribution in [-0.2, 0) is 0 Å². The average molecular weight is 314 g/mol. The van der Waals surface area contributed by atoms with E-state index in [1.165, 1.54) is 12.4 Å². The van der Waals surface area contributed by atoms with E-state index in [2.05, 4.69) is 15.3 Å². The molecule has 1 fully saturated rings. The zero-order valence-corrected chi connectivity index (χ0v) is 12.6. The maximum absolute atomic E-state index is 12.1. The van der Waals surface area contributed by atoms with Crippen molar-refractivity contribution in [2.75, 3.05) is 0 Å². The van der Waals surface area contributed by atoms with Gasteiger partial charge in [-0.25, -0.2) is 9.97 Å². The number of hydrogen-bond acceptors (Lipinski definition) is 5. The molecule has 1 aliphatic carbocycles. The maximum Gasteiger partial charge on any atom is 0.316 e. The summed E-state index contributed by atoms with van der Waals surface area (Å²) < 4.78 is 6.35. The van der Waals surface area contributed by atoms with E-state index in [1.54, 1.807) is 30.6 Å². The average Bonchev–Trinajstić information content (AvgIpc) is 2.57. The molecule has 2 aromatic heterocycles. The normalized spacial score (nSPS) is 20.7. The highest BCUT2D eigenvalue weighted by atomic mass is 16.5. The number of hydrogen-bond donors (Lipinski definition) is 1. The molecule has 0 saturated heterocycles. The van der Waals surface area contributed by atoms with Crippen molar-refractivity contribution in [3.63, 3.8) is 0 Å². The van der Waals surface area contributed by atoms with Crippen molar-refractivity contribution >= 4 is 5.91 Å². The van der Waals surface area contributed by atoms with Crippen LogP contribution in [0.25, 0.3) is 0 Å². The van der Waals surface area contributed by atoms with Gasteiger partial charge in [0.05, 0.1) is 0 Å². The third kappa shape index (κ3) is 4.15. The van der Waals surface area contributed by atoms with Crippen molar-refractivity contribution < 1.29 is 14.3 Å². The Hall–Kier alpha value is -2.70. The van der Waals surface area contributed by atoms with Gasteiger partial charge < -0.3 is 15.3 Å². The second-order valence-corrected chi connectivity index (χ2v) is 5.55. The molecule has 0 atom stereocenters. The van der Waals surface area contributed by atoms with Crippen LogP contribution in [0.3, 0.4) is 0 Å². The molecule has 23 heavy (non-hydrogen) atoms. The molecule has 3 rings (SSSR count). The lowest BCUT2D eigenvalue weighted by Crippen LogP contribution is -2.40. The molecular formula is C16H18N4O3. The van der Waals surface area contributed by atoms with E-state index >= 15 is 0 Å². The van der Waals surface area contributed by atoms with E-state index in [4.69, 9.17) is 4.74 Å². The Labute approximate surface area is 133 Å². The summed E-state index contributed by atoms with van der Waals surface area (Å²) >= 11 is 0. The highest BCUT2D eigenvalue weighted by molar-refractivity contribution is 5.93. The Bertz CT molecular complexity index is 657. The van der Waals surface area contributed by atoms with Gasteiger partial charge in [-0.2, -0.15) is 4.73 Å². The van der Waals surface area contributed by atoms with Crippen LogP contribution in [-0.4, -0.2) is 28.0 Å². The monoisotopic (exact) mass is 314 g/mol. The number of aromatic nitrogens is 3. The Morgan fingerprint density at radius 2 is 1.96 bits per heavy atom. The van der Waals surface area contributed by atoms with Gasteiger partial charge in [0.25, 0.3) is 5.91 Å². The number of carbonyl (C=O) groups excluding carboxylic acids is 1. The molecule has 0 aromatic carbocycles. The van der Waals surface area contributed by atoms with Gasteiger partial charge >= 0.3 is 6.01 Å². The lowest BCUT2D eigenvalue weighted by atomic mass is 9.93. The Balaban J connectivity index is 1.48. The first kappa shape index (κ1) is 15.2. The van der Waals surface area contributed by atoms with Crippen LogP contribution in [0.15, 0.2) is 43.0 Å². The lowest BCUT2D eigenvalue weighted by molar-refractivity contribution is -0.605. The summed E-state index contributed by atoms with van der Waals surface area (Å²) in [4.78, 5) is 20.2. The zero-order valence-electron chi connectivity index (χ0n) is 12.6. The molecule has 7 nitrogen and oxygen atoms in total. The minimum atomic E-state index is -0.217. The fourth-order valence-corrected chi connectivity index (χ4v) is 2.68. The molecule has 1 amide bonds. The van der Waals surface area contributed by atoms with Gasteiger partial charge in [0.2, 0.25) is 0 Å². The van der Waals surface area contributed by atoms with E-state index in [0.717, 1.165) is 25.7 Å². The summed E-state index contributed by atoms with van der Waals surface area (Å²) in [6, 6.07) is 5.43. The van der Waals surface area contributed by atoms with Gasteiger partial charge in [-0.3, -0.25) is 4.79 Å². The SMILES string of the molecule is O=C(NC1CCC(Oc2ncccn2)CC1)c1ccc[n+]([O-])c1. The molecule has 0 bridgehead atoms. The molecule has 1 saturated carbocycles. The van der Waals surface area contributed by atoms with Gasteiger partial charge in [-0.1, -0.05) is 0 Å². The number of nitrogens with one attached hydrogen (secondary N) is 1. The van der Waals surface area contributed by atoms with E-state index in [1.807, 2.05) is 0 Å². The summed E-state index contributed by atoms with van der Waals surface area (Å²) in [5, 5.41) is 14.2. The number of ether oxygens (including phenoxy) is 1. The molecule has 0 unspecified atom stereocenters. The first-order chi connectivity index (χ1) is 11.2. The van der Waals surface area contributed by atoms with Crippen molar-refractivity contribution in [2.24, 2.45) is 0 Å². The number of pyridine rings is 1.